The molecule has 298 valence electrons. The van der Waals surface area contributed by atoms with Crippen molar-refractivity contribution in [1.29, 1.82) is 0 Å². The van der Waals surface area contributed by atoms with Crippen molar-refractivity contribution in [3.8, 4) is 22.8 Å². The first-order chi connectivity index (χ1) is 27.2. The number of halogens is 4. The molecule has 1 aromatic carbocycles. The van der Waals surface area contributed by atoms with E-state index in [1.54, 1.807) is 30.9 Å². The van der Waals surface area contributed by atoms with Crippen molar-refractivity contribution in [1.82, 2.24) is 55.8 Å². The number of benzene rings is 1. The summed E-state index contributed by atoms with van der Waals surface area (Å²) < 4.78 is 60.1. The first-order valence-electron chi connectivity index (χ1n) is 18.0. The maximum absolute atomic E-state index is 15.1. The Labute approximate surface area is 322 Å². The second kappa shape index (κ2) is 15.4. The van der Waals surface area contributed by atoms with E-state index in [9.17, 15) is 27.6 Å². The van der Waals surface area contributed by atoms with Crippen LogP contribution >= 0.6 is 0 Å². The number of alkyl halides is 3. The highest BCUT2D eigenvalue weighted by atomic mass is 19.4. The molecule has 16 nitrogen and oxygen atoms in total. The molecule has 1 saturated heterocycles. The van der Waals surface area contributed by atoms with Crippen molar-refractivity contribution in [2.24, 2.45) is 5.41 Å². The quantitative estimate of drug-likeness (QED) is 0.110. The highest BCUT2D eigenvalue weighted by Gasteiger charge is 2.53. The number of urea groups is 1. The summed E-state index contributed by atoms with van der Waals surface area (Å²) in [6, 6.07) is 5.83. The molecule has 0 unspecified atom stereocenters. The number of aromatic nitrogens is 8. The highest BCUT2D eigenvalue weighted by molar-refractivity contribution is 5.92. The predicted molar refractivity (Wildman–Crippen MR) is 194 cm³/mol. The van der Waals surface area contributed by atoms with Crippen LogP contribution in [-0.2, 0) is 23.3 Å². The van der Waals surface area contributed by atoms with Crippen molar-refractivity contribution in [3.05, 3.63) is 83.5 Å². The molecule has 57 heavy (non-hydrogen) atoms. The van der Waals surface area contributed by atoms with Crippen LogP contribution in [0.15, 0.2) is 53.6 Å². The molecule has 7 rings (SSSR count). The lowest BCUT2D eigenvalue weighted by atomic mass is 9.56. The van der Waals surface area contributed by atoms with Crippen molar-refractivity contribution >= 4 is 23.9 Å². The molecule has 0 atom stereocenters. The Hall–Kier alpha value is -6.18. The zero-order chi connectivity index (χ0) is 40.5. The molecule has 2 fully saturated rings. The molecule has 5 heterocycles. The molecule has 5 aromatic rings. The molecular formula is C37H38F4N12O4. The second-order valence-electron chi connectivity index (χ2n) is 14.8. The number of nitrogens with one attached hydrogen (secondary N) is 3. The Bertz CT molecular complexity index is 2250. The maximum Gasteiger partial charge on any atom is 0.401 e. The van der Waals surface area contributed by atoms with Gasteiger partial charge in [0.25, 0.3) is 5.91 Å². The number of nitrogens with zero attached hydrogens (tertiary/aromatic N) is 9. The molecule has 4 aromatic heterocycles. The lowest BCUT2D eigenvalue weighted by molar-refractivity contribution is -0.182. The first-order valence-corrected chi connectivity index (χ1v) is 18.0. The molecule has 3 N–H and O–H groups in total. The van der Waals surface area contributed by atoms with E-state index in [1.165, 1.54) is 24.1 Å². The van der Waals surface area contributed by atoms with Gasteiger partial charge in [0.1, 0.15) is 23.3 Å². The van der Waals surface area contributed by atoms with Crippen molar-refractivity contribution in [2.45, 2.75) is 63.7 Å². The highest BCUT2D eigenvalue weighted by Crippen LogP contribution is 2.56. The van der Waals surface area contributed by atoms with Crippen LogP contribution in [0, 0.1) is 11.2 Å². The Morgan fingerprint density at radius 2 is 1.81 bits per heavy atom. The van der Waals surface area contributed by atoms with Gasteiger partial charge in [0, 0.05) is 63.7 Å². The summed E-state index contributed by atoms with van der Waals surface area (Å²) in [5.41, 5.74) is 1.11. The standard InChI is InChI=1S/C37H38F4N12O4/c1-35(2,37(39,40)41)33-48-30(49-50-33)17-47-32(55)29-10-26(51-57-29)31-45-13-23(14-46-31)27-16-43-24(15-44-27)18-52-19-36(20-52)11-22(12-36)21-5-6-28(25(38)9-21)53(7-4-8-54)34(56)42-3/h5-6,8-10,13-16,22H,4,7,11-12,17-20H2,1-3H3,(H,42,56)(H,47,55)(H,48,49,50). The van der Waals surface area contributed by atoms with E-state index in [-0.39, 0.29) is 59.6 Å². The monoisotopic (exact) mass is 790 g/mol. The normalized spacial score (nSPS) is 15.5. The number of hydrogen-bond acceptors (Lipinski definition) is 12. The van der Waals surface area contributed by atoms with Gasteiger partial charge in [-0.05, 0) is 55.7 Å². The number of aromatic amines is 1. The summed E-state index contributed by atoms with van der Waals surface area (Å²) in [7, 11) is 1.46. The van der Waals surface area contributed by atoms with Gasteiger partial charge >= 0.3 is 12.2 Å². The molecule has 0 bridgehead atoms. The van der Waals surface area contributed by atoms with Crippen LogP contribution in [0.1, 0.15) is 72.5 Å². The van der Waals surface area contributed by atoms with E-state index in [1.807, 2.05) is 6.07 Å². The minimum Gasteiger partial charge on any atom is -0.350 e. The molecule has 2 aliphatic rings. The van der Waals surface area contributed by atoms with Crippen molar-refractivity contribution < 1.29 is 36.5 Å². The number of hydrogen-bond donors (Lipinski definition) is 3. The summed E-state index contributed by atoms with van der Waals surface area (Å²) >= 11 is 0. The number of carbonyl (C=O) groups excluding carboxylic acids is 3. The van der Waals surface area contributed by atoms with Crippen LogP contribution < -0.4 is 15.5 Å². The summed E-state index contributed by atoms with van der Waals surface area (Å²) in [4.78, 5) is 60.9. The zero-order valence-electron chi connectivity index (χ0n) is 31.1. The van der Waals surface area contributed by atoms with Crippen molar-refractivity contribution in [2.75, 3.05) is 31.6 Å². The van der Waals surface area contributed by atoms with Crippen LogP contribution in [-0.4, -0.2) is 96.3 Å². The molecular weight excluding hydrogens is 752 g/mol. The number of anilines is 1. The number of likely N-dealkylation sites (tertiary alicyclic amines) is 1. The Morgan fingerprint density at radius 3 is 2.46 bits per heavy atom. The van der Waals surface area contributed by atoms with E-state index in [0.29, 0.717) is 24.1 Å². The fourth-order valence-corrected chi connectivity index (χ4v) is 7.06. The lowest BCUT2D eigenvalue weighted by Crippen LogP contribution is -2.61. The van der Waals surface area contributed by atoms with E-state index < -0.39 is 35.2 Å². The van der Waals surface area contributed by atoms with E-state index in [4.69, 9.17) is 4.52 Å². The number of amides is 3. The molecule has 20 heteroatoms. The molecule has 0 radical (unpaired) electrons. The van der Waals surface area contributed by atoms with Crippen LogP contribution in [0.4, 0.5) is 28.0 Å². The molecule has 1 spiro atoms. The second-order valence-corrected chi connectivity index (χ2v) is 14.8. The fraction of sp³-hybridized carbons (Fsp3) is 0.405. The van der Waals surface area contributed by atoms with Crippen LogP contribution in [0.5, 0.6) is 0 Å². The predicted octanol–water partition coefficient (Wildman–Crippen LogP) is 4.73. The zero-order valence-corrected chi connectivity index (χ0v) is 31.1. The van der Waals surface area contributed by atoms with Gasteiger partial charge in [-0.3, -0.25) is 29.7 Å². The van der Waals surface area contributed by atoms with Crippen molar-refractivity contribution in [3.63, 3.8) is 0 Å². The largest absolute Gasteiger partial charge is 0.401 e. The average molecular weight is 791 g/mol. The van der Waals surface area contributed by atoms with Crippen LogP contribution in [0.3, 0.4) is 0 Å². The number of aldehydes is 1. The van der Waals surface area contributed by atoms with Gasteiger partial charge in [0.05, 0.1) is 36.0 Å². The summed E-state index contributed by atoms with van der Waals surface area (Å²) in [5.74, 6) is -1.33. The smallest absolute Gasteiger partial charge is 0.350 e. The van der Waals surface area contributed by atoms with Gasteiger partial charge < -0.3 is 20.0 Å². The Kier molecular flexibility index (Phi) is 10.6. The molecule has 1 aliphatic heterocycles. The molecule has 3 amide bonds. The van der Waals surface area contributed by atoms with Gasteiger partial charge in [-0.25, -0.2) is 24.1 Å². The van der Waals surface area contributed by atoms with Crippen LogP contribution in [0.2, 0.25) is 0 Å². The Morgan fingerprint density at radius 1 is 1.05 bits per heavy atom. The SMILES string of the molecule is CNC(=O)N(CCC=O)c1ccc(C2CC3(C2)CN(Cc2cnc(-c4cnc(-c5cc(C(=O)NCc6nc(C(C)(C)C(F)(F)F)n[nH]6)on5)nc4)cn2)C3)cc1F. The summed E-state index contributed by atoms with van der Waals surface area (Å²) in [6.07, 6.45) is 4.56. The van der Waals surface area contributed by atoms with Gasteiger partial charge in [-0.2, -0.15) is 18.3 Å². The maximum atomic E-state index is 15.1. The van der Waals surface area contributed by atoms with Gasteiger partial charge in [-0.15, -0.1) is 0 Å². The summed E-state index contributed by atoms with van der Waals surface area (Å²) in [5, 5.41) is 14.9. The van der Waals surface area contributed by atoms with E-state index >= 15 is 4.39 Å². The number of rotatable bonds is 13. The lowest BCUT2D eigenvalue weighted by Gasteiger charge is -2.59. The van der Waals surface area contributed by atoms with Gasteiger partial charge in [0.15, 0.2) is 17.3 Å². The molecule has 1 saturated carbocycles. The minimum atomic E-state index is -4.56. The summed E-state index contributed by atoms with van der Waals surface area (Å²) in [6.45, 7) is 4.22. The van der Waals surface area contributed by atoms with E-state index in [2.05, 4.69) is 55.8 Å². The third kappa shape index (κ3) is 8.07. The molecule has 1 aliphatic carbocycles. The Balaban J connectivity index is 0.872. The average Bonchev–Trinajstić information content (AvgIpc) is 3.86. The number of carbonyl (C=O) groups is 3. The fourth-order valence-electron chi connectivity index (χ4n) is 7.06. The van der Waals surface area contributed by atoms with E-state index in [0.717, 1.165) is 51.0 Å². The topological polar surface area (TPSA) is 201 Å². The van der Waals surface area contributed by atoms with Gasteiger partial charge in [0.2, 0.25) is 5.76 Å². The third-order valence-electron chi connectivity index (χ3n) is 10.4. The first kappa shape index (κ1) is 39.1. The third-order valence-corrected chi connectivity index (χ3v) is 10.4. The van der Waals surface area contributed by atoms with Crippen LogP contribution in [0.25, 0.3) is 22.8 Å². The van der Waals surface area contributed by atoms with Gasteiger partial charge in [-0.1, -0.05) is 11.2 Å². The minimum absolute atomic E-state index is 0.0322. The number of H-pyrrole nitrogens is 1.